The lowest BCUT2D eigenvalue weighted by atomic mass is 10.3. The molecule has 86 valence electrons. The van der Waals surface area contributed by atoms with E-state index < -0.39 is 9.05 Å². The van der Waals surface area contributed by atoms with Gasteiger partial charge in [-0.25, -0.2) is 8.42 Å². The van der Waals surface area contributed by atoms with Gasteiger partial charge >= 0.3 is 0 Å². The van der Waals surface area contributed by atoms with E-state index in [1.807, 2.05) is 13.8 Å². The summed E-state index contributed by atoms with van der Waals surface area (Å²) in [6, 6.07) is 3.60. The van der Waals surface area contributed by atoms with Crippen molar-refractivity contribution in [2.24, 2.45) is 0 Å². The van der Waals surface area contributed by atoms with Gasteiger partial charge in [-0.05, 0) is 12.1 Å². The Hall–Kier alpha value is -0.940. The van der Waals surface area contributed by atoms with Crippen LogP contribution in [0.1, 0.15) is 13.8 Å². The van der Waals surface area contributed by atoms with E-state index in [0.717, 1.165) is 6.07 Å². The van der Waals surface area contributed by atoms with Crippen LogP contribution in [0.15, 0.2) is 23.1 Å². The molecular weight excluding hydrogens is 240 g/mol. The molecule has 6 heteroatoms. The minimum atomic E-state index is -3.79. The first kappa shape index (κ1) is 14.1. The number of phenols is 1. The van der Waals surface area contributed by atoms with E-state index in [4.69, 9.17) is 15.4 Å². The Labute approximate surface area is 93.9 Å². The van der Waals surface area contributed by atoms with E-state index in [9.17, 15) is 13.5 Å². The summed E-state index contributed by atoms with van der Waals surface area (Å²) in [6.07, 6.45) is 0. The number of methoxy groups -OCH3 is 1. The second kappa shape index (κ2) is 5.82. The van der Waals surface area contributed by atoms with E-state index >= 15 is 0 Å². The van der Waals surface area contributed by atoms with E-state index in [0.29, 0.717) is 0 Å². The van der Waals surface area contributed by atoms with Crippen molar-refractivity contribution in [1.82, 2.24) is 0 Å². The van der Waals surface area contributed by atoms with Crippen LogP contribution in [-0.2, 0) is 9.05 Å². The number of ether oxygens (including phenoxy) is 1. The third kappa shape index (κ3) is 3.97. The highest BCUT2D eigenvalue weighted by molar-refractivity contribution is 8.13. The van der Waals surface area contributed by atoms with Crippen molar-refractivity contribution < 1.29 is 18.3 Å². The quantitative estimate of drug-likeness (QED) is 0.821. The first-order valence-corrected chi connectivity index (χ1v) is 6.58. The molecule has 4 nitrogen and oxygen atoms in total. The van der Waals surface area contributed by atoms with Crippen LogP contribution in [-0.4, -0.2) is 20.6 Å². The molecule has 0 atom stereocenters. The topological polar surface area (TPSA) is 63.6 Å². The SMILES string of the molecule is CC.COc1ccc(S(=O)(=O)Cl)cc1O. The fourth-order valence-electron chi connectivity index (χ4n) is 0.821. The lowest BCUT2D eigenvalue weighted by Gasteiger charge is -2.03. The van der Waals surface area contributed by atoms with Crippen molar-refractivity contribution in [2.45, 2.75) is 18.7 Å². The van der Waals surface area contributed by atoms with Gasteiger partial charge in [-0.2, -0.15) is 0 Å². The van der Waals surface area contributed by atoms with Crippen molar-refractivity contribution >= 4 is 19.7 Å². The molecule has 0 spiro atoms. The number of aromatic hydroxyl groups is 1. The Balaban J connectivity index is 0.000000921. The van der Waals surface area contributed by atoms with Crippen LogP contribution in [0, 0.1) is 0 Å². The second-order valence-electron chi connectivity index (χ2n) is 2.27. The van der Waals surface area contributed by atoms with Crippen molar-refractivity contribution in [1.29, 1.82) is 0 Å². The monoisotopic (exact) mass is 252 g/mol. The fourth-order valence-corrected chi connectivity index (χ4v) is 1.59. The van der Waals surface area contributed by atoms with Gasteiger partial charge in [0.2, 0.25) is 0 Å². The number of phenolic OH excluding ortho intramolecular Hbond substituents is 1. The van der Waals surface area contributed by atoms with Gasteiger partial charge in [-0.15, -0.1) is 0 Å². The molecule has 15 heavy (non-hydrogen) atoms. The lowest BCUT2D eigenvalue weighted by molar-refractivity contribution is 0.372. The van der Waals surface area contributed by atoms with E-state index in [-0.39, 0.29) is 16.4 Å². The average Bonchev–Trinajstić information content (AvgIpc) is 2.19. The van der Waals surface area contributed by atoms with Gasteiger partial charge in [-0.1, -0.05) is 13.8 Å². The molecule has 1 aromatic rings. The van der Waals surface area contributed by atoms with E-state index in [1.165, 1.54) is 19.2 Å². The molecule has 0 saturated heterocycles. The molecule has 1 N–H and O–H groups in total. The van der Waals surface area contributed by atoms with Crippen LogP contribution in [0.3, 0.4) is 0 Å². The molecule has 1 rings (SSSR count). The zero-order chi connectivity index (χ0) is 12.1. The zero-order valence-corrected chi connectivity index (χ0v) is 10.3. The van der Waals surface area contributed by atoms with Crippen LogP contribution >= 0.6 is 10.7 Å². The van der Waals surface area contributed by atoms with Crippen LogP contribution in [0.2, 0.25) is 0 Å². The van der Waals surface area contributed by atoms with Crippen LogP contribution in [0.4, 0.5) is 0 Å². The maximum atomic E-state index is 10.8. The summed E-state index contributed by atoms with van der Waals surface area (Å²) in [5, 5.41) is 9.21. The summed E-state index contributed by atoms with van der Waals surface area (Å²) in [6.45, 7) is 4.00. The van der Waals surface area contributed by atoms with Crippen molar-refractivity contribution in [3.8, 4) is 11.5 Å². The predicted octanol–water partition coefficient (Wildman–Crippen LogP) is 2.35. The first-order valence-electron chi connectivity index (χ1n) is 4.27. The summed E-state index contributed by atoms with van der Waals surface area (Å²) >= 11 is 0. The van der Waals surface area contributed by atoms with Gasteiger partial charge in [0.05, 0.1) is 12.0 Å². The minimum Gasteiger partial charge on any atom is -0.504 e. The van der Waals surface area contributed by atoms with E-state index in [2.05, 4.69) is 0 Å². The van der Waals surface area contributed by atoms with Gasteiger partial charge in [0.15, 0.2) is 11.5 Å². The molecule has 0 saturated carbocycles. The Bertz CT molecular complexity index is 414. The molecule has 0 radical (unpaired) electrons. The molecular formula is C9H13ClO4S. The first-order chi connectivity index (χ1) is 6.95. The second-order valence-corrected chi connectivity index (χ2v) is 4.84. The zero-order valence-electron chi connectivity index (χ0n) is 8.69. The molecule has 0 aliphatic heterocycles. The summed E-state index contributed by atoms with van der Waals surface area (Å²) in [4.78, 5) is -0.160. The Morgan fingerprint density at radius 3 is 2.20 bits per heavy atom. The highest BCUT2D eigenvalue weighted by Gasteiger charge is 2.12. The van der Waals surface area contributed by atoms with Crippen molar-refractivity contribution in [3.63, 3.8) is 0 Å². The van der Waals surface area contributed by atoms with Gasteiger partial charge in [0.1, 0.15) is 0 Å². The van der Waals surface area contributed by atoms with Crippen LogP contribution in [0.25, 0.3) is 0 Å². The van der Waals surface area contributed by atoms with Gasteiger partial charge in [-0.3, -0.25) is 0 Å². The molecule has 0 fully saturated rings. The maximum Gasteiger partial charge on any atom is 0.261 e. The third-order valence-electron chi connectivity index (χ3n) is 1.43. The summed E-state index contributed by atoms with van der Waals surface area (Å²) in [5.41, 5.74) is 0. The Morgan fingerprint density at radius 1 is 1.33 bits per heavy atom. The summed E-state index contributed by atoms with van der Waals surface area (Å²) < 4.78 is 26.3. The third-order valence-corrected chi connectivity index (χ3v) is 2.78. The summed E-state index contributed by atoms with van der Waals surface area (Å²) in [5.74, 6) is -0.0618. The van der Waals surface area contributed by atoms with Crippen LogP contribution < -0.4 is 4.74 Å². The number of rotatable bonds is 2. The summed E-state index contributed by atoms with van der Waals surface area (Å²) in [7, 11) is 2.62. The molecule has 0 heterocycles. The molecule has 0 aliphatic rings. The average molecular weight is 253 g/mol. The largest absolute Gasteiger partial charge is 0.504 e. The lowest BCUT2D eigenvalue weighted by Crippen LogP contribution is -1.91. The molecule has 0 unspecified atom stereocenters. The Morgan fingerprint density at radius 2 is 1.87 bits per heavy atom. The molecule has 0 aliphatic carbocycles. The Kier molecular flexibility index (Phi) is 5.46. The number of hydrogen-bond donors (Lipinski definition) is 1. The number of benzene rings is 1. The molecule has 1 aromatic carbocycles. The van der Waals surface area contributed by atoms with Crippen LogP contribution in [0.5, 0.6) is 11.5 Å². The normalized spacial score (nSPS) is 10.1. The number of hydrogen-bond acceptors (Lipinski definition) is 4. The van der Waals surface area contributed by atoms with Gasteiger partial charge in [0, 0.05) is 16.7 Å². The molecule has 0 aromatic heterocycles. The number of halogens is 1. The fraction of sp³-hybridized carbons (Fsp3) is 0.333. The highest BCUT2D eigenvalue weighted by atomic mass is 35.7. The molecule has 0 bridgehead atoms. The maximum absolute atomic E-state index is 10.8. The van der Waals surface area contributed by atoms with Gasteiger partial charge in [0.25, 0.3) is 9.05 Å². The van der Waals surface area contributed by atoms with Crippen molar-refractivity contribution in [2.75, 3.05) is 7.11 Å². The highest BCUT2D eigenvalue weighted by Crippen LogP contribution is 2.29. The van der Waals surface area contributed by atoms with E-state index in [1.54, 1.807) is 0 Å². The smallest absolute Gasteiger partial charge is 0.261 e. The predicted molar refractivity (Wildman–Crippen MR) is 59.0 cm³/mol. The molecule has 0 amide bonds. The standard InChI is InChI=1S/C7H7ClO4S.C2H6/c1-12-7-3-2-5(4-6(7)9)13(8,10)11;1-2/h2-4,9H,1H3;1-2H3. The minimum absolute atomic E-state index is 0.160. The van der Waals surface area contributed by atoms with Crippen molar-refractivity contribution in [3.05, 3.63) is 18.2 Å². The van der Waals surface area contributed by atoms with Gasteiger partial charge < -0.3 is 9.84 Å².